The molecule has 0 aliphatic heterocycles. The molecule has 0 aliphatic carbocycles. The zero-order valence-corrected chi connectivity index (χ0v) is 11.0. The van der Waals surface area contributed by atoms with Crippen molar-refractivity contribution in [2.75, 3.05) is 19.1 Å². The third-order valence-corrected chi connectivity index (χ3v) is 4.13. The lowest BCUT2D eigenvalue weighted by Crippen LogP contribution is -2.10. The fraction of sp³-hybridized carbons (Fsp3) is 0.273. The molecular weight excluding hydrogens is 235 g/mol. The number of anilines is 1. The standard InChI is InChI=1S/C11H15N4OP/c1-15-11(13-7-14-15)8-4-5-9(12)10(6-8)17(2,3)16/h4-7H,12H2,1-3H3. The molecule has 2 aromatic rings. The lowest BCUT2D eigenvalue weighted by atomic mass is 10.2. The molecule has 0 fully saturated rings. The van der Waals surface area contributed by atoms with Gasteiger partial charge in [-0.1, -0.05) is 0 Å². The van der Waals surface area contributed by atoms with Crippen LogP contribution < -0.4 is 11.0 Å². The van der Waals surface area contributed by atoms with Crippen molar-refractivity contribution in [1.82, 2.24) is 14.8 Å². The van der Waals surface area contributed by atoms with Gasteiger partial charge in [0.1, 0.15) is 13.5 Å². The van der Waals surface area contributed by atoms with E-state index in [1.165, 1.54) is 6.33 Å². The molecule has 0 radical (unpaired) electrons. The predicted molar refractivity (Wildman–Crippen MR) is 69.9 cm³/mol. The number of benzene rings is 1. The van der Waals surface area contributed by atoms with Crippen molar-refractivity contribution in [3.63, 3.8) is 0 Å². The minimum atomic E-state index is -2.38. The maximum absolute atomic E-state index is 12.1. The van der Waals surface area contributed by atoms with Gasteiger partial charge in [0.25, 0.3) is 0 Å². The van der Waals surface area contributed by atoms with Crippen LogP contribution in [-0.4, -0.2) is 28.1 Å². The van der Waals surface area contributed by atoms with Gasteiger partial charge in [0.15, 0.2) is 5.82 Å². The number of hydrogen-bond donors (Lipinski definition) is 1. The van der Waals surface area contributed by atoms with Crippen LogP contribution in [0.25, 0.3) is 11.4 Å². The number of nitrogen functional groups attached to an aromatic ring is 1. The highest BCUT2D eigenvalue weighted by molar-refractivity contribution is 7.70. The van der Waals surface area contributed by atoms with E-state index < -0.39 is 7.14 Å². The minimum absolute atomic E-state index is 0.559. The van der Waals surface area contributed by atoms with Gasteiger partial charge >= 0.3 is 0 Å². The summed E-state index contributed by atoms with van der Waals surface area (Å²) in [4.78, 5) is 4.16. The first-order valence-electron chi connectivity index (χ1n) is 5.19. The maximum Gasteiger partial charge on any atom is 0.157 e. The van der Waals surface area contributed by atoms with Crippen LogP contribution in [0.3, 0.4) is 0 Å². The Kier molecular flexibility index (Phi) is 2.79. The average Bonchev–Trinajstić information content (AvgIpc) is 2.63. The number of aromatic nitrogens is 3. The van der Waals surface area contributed by atoms with E-state index in [4.69, 9.17) is 5.73 Å². The van der Waals surface area contributed by atoms with E-state index in [0.29, 0.717) is 11.0 Å². The second-order valence-corrected chi connectivity index (χ2v) is 7.52. The Balaban J connectivity index is 2.60. The average molecular weight is 250 g/mol. The molecule has 1 heterocycles. The van der Waals surface area contributed by atoms with E-state index in [9.17, 15) is 4.57 Å². The molecule has 0 atom stereocenters. The SMILES string of the molecule is Cn1ncnc1-c1ccc(N)c(P(C)(C)=O)c1. The summed E-state index contributed by atoms with van der Waals surface area (Å²) in [5.74, 6) is 0.736. The van der Waals surface area contributed by atoms with Crippen LogP contribution in [0.5, 0.6) is 0 Å². The molecule has 1 aromatic carbocycles. The van der Waals surface area contributed by atoms with Gasteiger partial charge in [-0.2, -0.15) is 5.10 Å². The topological polar surface area (TPSA) is 73.8 Å². The molecule has 0 saturated carbocycles. The van der Waals surface area contributed by atoms with Crippen molar-refractivity contribution in [2.45, 2.75) is 0 Å². The van der Waals surface area contributed by atoms with Gasteiger partial charge in [-0.15, -0.1) is 0 Å². The lowest BCUT2D eigenvalue weighted by Gasteiger charge is -2.12. The molecule has 2 rings (SSSR count). The summed E-state index contributed by atoms with van der Waals surface area (Å²) < 4.78 is 13.8. The highest BCUT2D eigenvalue weighted by atomic mass is 31.2. The zero-order chi connectivity index (χ0) is 12.6. The normalized spacial score (nSPS) is 11.7. The summed E-state index contributed by atoms with van der Waals surface area (Å²) in [6, 6.07) is 5.46. The third-order valence-electron chi connectivity index (χ3n) is 2.58. The van der Waals surface area contributed by atoms with Crippen LogP contribution in [-0.2, 0) is 11.6 Å². The van der Waals surface area contributed by atoms with Crippen LogP contribution >= 0.6 is 7.14 Å². The number of nitrogens with two attached hydrogens (primary N) is 1. The molecule has 0 aliphatic rings. The highest BCUT2D eigenvalue weighted by Gasteiger charge is 2.16. The molecule has 5 nitrogen and oxygen atoms in total. The fourth-order valence-corrected chi connectivity index (χ4v) is 2.85. The van der Waals surface area contributed by atoms with Crippen molar-refractivity contribution in [3.05, 3.63) is 24.5 Å². The van der Waals surface area contributed by atoms with Crippen molar-refractivity contribution in [1.29, 1.82) is 0 Å². The Labute approximate surface area is 100 Å². The van der Waals surface area contributed by atoms with E-state index in [2.05, 4.69) is 10.1 Å². The lowest BCUT2D eigenvalue weighted by molar-refractivity contribution is 0.588. The Morgan fingerprint density at radius 1 is 1.35 bits per heavy atom. The van der Waals surface area contributed by atoms with Crippen LogP contribution in [0.2, 0.25) is 0 Å². The first-order valence-corrected chi connectivity index (χ1v) is 7.79. The predicted octanol–water partition coefficient (Wildman–Crippen LogP) is 1.31. The van der Waals surface area contributed by atoms with E-state index in [-0.39, 0.29) is 0 Å². The number of aryl methyl sites for hydroxylation is 1. The van der Waals surface area contributed by atoms with Crippen LogP contribution in [0, 0.1) is 0 Å². The summed E-state index contributed by atoms with van der Waals surface area (Å²) >= 11 is 0. The van der Waals surface area contributed by atoms with Crippen LogP contribution in [0.4, 0.5) is 5.69 Å². The van der Waals surface area contributed by atoms with E-state index >= 15 is 0 Å². The van der Waals surface area contributed by atoms with E-state index in [1.807, 2.05) is 19.2 Å². The van der Waals surface area contributed by atoms with Crippen molar-refractivity contribution < 1.29 is 4.57 Å². The smallest absolute Gasteiger partial charge is 0.157 e. The van der Waals surface area contributed by atoms with E-state index in [1.54, 1.807) is 24.1 Å². The first kappa shape index (κ1) is 11.9. The van der Waals surface area contributed by atoms with Crippen molar-refractivity contribution in [3.8, 4) is 11.4 Å². The van der Waals surface area contributed by atoms with Gasteiger partial charge in [-0.3, -0.25) is 0 Å². The zero-order valence-electron chi connectivity index (χ0n) is 10.1. The second kappa shape index (κ2) is 4.00. The quantitative estimate of drug-likeness (QED) is 0.644. The monoisotopic (exact) mass is 250 g/mol. The Hall–Kier alpha value is -1.61. The first-order chi connectivity index (χ1) is 7.89. The molecule has 0 unspecified atom stereocenters. The molecular formula is C11H15N4OP. The summed E-state index contributed by atoms with van der Waals surface area (Å²) in [5.41, 5.74) is 7.28. The van der Waals surface area contributed by atoms with Gasteiger partial charge in [0.05, 0.1) is 0 Å². The molecule has 17 heavy (non-hydrogen) atoms. The number of rotatable bonds is 2. The summed E-state index contributed by atoms with van der Waals surface area (Å²) in [6.07, 6.45) is 1.49. The number of hydrogen-bond acceptors (Lipinski definition) is 4. The summed E-state index contributed by atoms with van der Waals surface area (Å²) in [5, 5.41) is 4.71. The second-order valence-electron chi connectivity index (χ2n) is 4.33. The Bertz CT molecular complexity index is 599. The highest BCUT2D eigenvalue weighted by Crippen LogP contribution is 2.38. The van der Waals surface area contributed by atoms with Gasteiger partial charge in [-0.05, 0) is 31.5 Å². The molecule has 0 saturated heterocycles. The summed E-state index contributed by atoms with van der Waals surface area (Å²) in [6.45, 7) is 3.41. The molecule has 90 valence electrons. The molecule has 1 aromatic heterocycles. The van der Waals surface area contributed by atoms with Crippen LogP contribution in [0.1, 0.15) is 0 Å². The molecule has 0 spiro atoms. The minimum Gasteiger partial charge on any atom is -0.398 e. The van der Waals surface area contributed by atoms with Crippen LogP contribution in [0.15, 0.2) is 24.5 Å². The van der Waals surface area contributed by atoms with Gasteiger partial charge in [0, 0.05) is 23.6 Å². The maximum atomic E-state index is 12.1. The molecule has 6 heteroatoms. The molecule has 0 amide bonds. The largest absolute Gasteiger partial charge is 0.398 e. The van der Waals surface area contributed by atoms with Gasteiger partial charge in [-0.25, -0.2) is 9.67 Å². The van der Waals surface area contributed by atoms with Gasteiger partial charge in [0.2, 0.25) is 0 Å². The van der Waals surface area contributed by atoms with Gasteiger partial charge < -0.3 is 10.3 Å². The number of nitrogens with zero attached hydrogens (tertiary/aromatic N) is 3. The third kappa shape index (κ3) is 2.24. The van der Waals surface area contributed by atoms with Crippen molar-refractivity contribution >= 4 is 18.1 Å². The Morgan fingerprint density at radius 3 is 2.59 bits per heavy atom. The fourth-order valence-electron chi connectivity index (χ4n) is 1.71. The van der Waals surface area contributed by atoms with E-state index in [0.717, 1.165) is 11.4 Å². The Morgan fingerprint density at radius 2 is 2.06 bits per heavy atom. The van der Waals surface area contributed by atoms with Crippen molar-refractivity contribution in [2.24, 2.45) is 7.05 Å². The molecule has 0 bridgehead atoms. The summed E-state index contributed by atoms with van der Waals surface area (Å²) in [7, 11) is -0.567. The molecule has 2 N–H and O–H groups in total.